The number of aromatic nitrogens is 3. The lowest BCUT2D eigenvalue weighted by molar-refractivity contribution is -0.115. The van der Waals surface area contributed by atoms with Gasteiger partial charge in [-0.1, -0.05) is 36.9 Å². The van der Waals surface area contributed by atoms with E-state index in [0.29, 0.717) is 29.6 Å². The van der Waals surface area contributed by atoms with Crippen LogP contribution in [-0.4, -0.2) is 45.4 Å². The Balaban J connectivity index is 1.74. The highest BCUT2D eigenvalue weighted by Gasteiger charge is 2.25. The molecule has 1 amide bonds. The molecule has 1 atom stereocenters. The van der Waals surface area contributed by atoms with Gasteiger partial charge >= 0.3 is 5.97 Å². The Kier molecular flexibility index (Phi) is 7.88. The molecule has 1 aromatic heterocycles. The summed E-state index contributed by atoms with van der Waals surface area (Å²) in [5, 5.41) is 19.9. The van der Waals surface area contributed by atoms with Crippen LogP contribution in [0.15, 0.2) is 64.6 Å². The minimum absolute atomic E-state index is 0.128. The molecule has 3 rings (SSSR count). The van der Waals surface area contributed by atoms with Gasteiger partial charge in [-0.25, -0.2) is 13.2 Å². The predicted molar refractivity (Wildman–Crippen MR) is 125 cm³/mol. The van der Waals surface area contributed by atoms with Gasteiger partial charge < -0.3 is 15.0 Å². The van der Waals surface area contributed by atoms with E-state index in [1.165, 1.54) is 48.2 Å². The van der Waals surface area contributed by atoms with Crippen LogP contribution in [0.3, 0.4) is 0 Å². The summed E-state index contributed by atoms with van der Waals surface area (Å²) in [4.78, 5) is 24.0. The van der Waals surface area contributed by atoms with Crippen molar-refractivity contribution in [3.05, 3.63) is 66.0 Å². The van der Waals surface area contributed by atoms with Gasteiger partial charge in [0.2, 0.25) is 5.91 Å². The molecule has 0 aliphatic carbocycles. The van der Waals surface area contributed by atoms with Crippen LogP contribution < -0.4 is 5.32 Å². The summed E-state index contributed by atoms with van der Waals surface area (Å²) in [6.45, 7) is 4.17. The molecule has 0 fully saturated rings. The summed E-state index contributed by atoms with van der Waals surface area (Å²) in [5.41, 5.74) is 0.610. The molecule has 9 nitrogen and oxygen atoms in total. The molecule has 0 saturated heterocycles. The smallest absolute Gasteiger partial charge is 0.335 e. The summed E-state index contributed by atoms with van der Waals surface area (Å²) in [6, 6.07) is 14.0. The van der Waals surface area contributed by atoms with Gasteiger partial charge in [-0.3, -0.25) is 4.79 Å². The van der Waals surface area contributed by atoms with E-state index in [4.69, 9.17) is 5.11 Å². The van der Waals surface area contributed by atoms with E-state index in [9.17, 15) is 18.0 Å². The predicted octanol–water partition coefficient (Wildman–Crippen LogP) is 3.48. The molecule has 3 aromatic rings. The number of nitrogens with zero attached hydrogens (tertiary/aromatic N) is 3. The minimum atomic E-state index is -3.59. The second kappa shape index (κ2) is 10.6. The van der Waals surface area contributed by atoms with Gasteiger partial charge in [-0.2, -0.15) is 0 Å². The lowest BCUT2D eigenvalue weighted by Crippen LogP contribution is -2.25. The zero-order chi connectivity index (χ0) is 24.0. The van der Waals surface area contributed by atoms with Crippen molar-refractivity contribution in [3.8, 4) is 0 Å². The van der Waals surface area contributed by atoms with Crippen LogP contribution in [0.1, 0.15) is 36.5 Å². The SMILES string of the molecule is CCC(Sc1nnc(CS(=O)(=O)c2ccccc2)n1CC)C(=O)Nc1ccc(C(=O)O)cc1. The molecule has 0 aliphatic heterocycles. The van der Waals surface area contributed by atoms with E-state index in [0.717, 1.165) is 0 Å². The Morgan fingerprint density at radius 2 is 1.73 bits per heavy atom. The molecular formula is C22H24N4O5S2. The zero-order valence-corrected chi connectivity index (χ0v) is 19.8. The quantitative estimate of drug-likeness (QED) is 0.415. The van der Waals surface area contributed by atoms with Gasteiger partial charge in [-0.05, 0) is 49.7 Å². The standard InChI is InChI=1S/C22H24N4O5S2/c1-3-18(20(27)23-16-12-10-15(11-13-16)21(28)29)32-22-25-24-19(26(22)4-2)14-33(30,31)17-8-6-5-7-9-17/h5-13,18H,3-4,14H2,1-2H3,(H,23,27)(H,28,29). The van der Waals surface area contributed by atoms with Gasteiger partial charge in [0.15, 0.2) is 15.0 Å². The Hall–Kier alpha value is -3.18. The van der Waals surface area contributed by atoms with Gasteiger partial charge in [0.1, 0.15) is 11.6 Å². The van der Waals surface area contributed by atoms with E-state index < -0.39 is 21.1 Å². The van der Waals surface area contributed by atoms with Crippen molar-refractivity contribution < 1.29 is 23.1 Å². The highest BCUT2D eigenvalue weighted by molar-refractivity contribution is 8.00. The topological polar surface area (TPSA) is 131 Å². The number of thioether (sulfide) groups is 1. The highest BCUT2D eigenvalue weighted by atomic mass is 32.2. The van der Waals surface area contributed by atoms with Gasteiger partial charge in [-0.15, -0.1) is 10.2 Å². The number of sulfone groups is 1. The van der Waals surface area contributed by atoms with E-state index >= 15 is 0 Å². The van der Waals surface area contributed by atoms with Gasteiger partial charge in [0.25, 0.3) is 0 Å². The zero-order valence-electron chi connectivity index (χ0n) is 18.1. The molecule has 0 bridgehead atoms. The molecule has 1 unspecified atom stereocenters. The molecule has 0 saturated carbocycles. The maximum absolute atomic E-state index is 12.8. The molecule has 33 heavy (non-hydrogen) atoms. The second-order valence-electron chi connectivity index (χ2n) is 7.10. The summed E-state index contributed by atoms with van der Waals surface area (Å²) in [5.74, 6) is -1.30. The Morgan fingerprint density at radius 1 is 1.06 bits per heavy atom. The van der Waals surface area contributed by atoms with E-state index in [-0.39, 0.29) is 22.1 Å². The first kappa shape index (κ1) is 24.5. The van der Waals surface area contributed by atoms with Crippen LogP contribution >= 0.6 is 11.8 Å². The maximum Gasteiger partial charge on any atom is 0.335 e. The average Bonchev–Trinajstić information content (AvgIpc) is 3.18. The number of hydrogen-bond acceptors (Lipinski definition) is 7. The first-order valence-corrected chi connectivity index (χ1v) is 12.8. The second-order valence-corrected chi connectivity index (χ2v) is 10.3. The van der Waals surface area contributed by atoms with Crippen molar-refractivity contribution in [2.24, 2.45) is 0 Å². The van der Waals surface area contributed by atoms with Crippen molar-refractivity contribution >= 4 is 39.2 Å². The number of amides is 1. The van der Waals surface area contributed by atoms with Crippen molar-refractivity contribution in [2.75, 3.05) is 5.32 Å². The fraction of sp³-hybridized carbons (Fsp3) is 0.273. The number of nitrogens with one attached hydrogen (secondary N) is 1. The Labute approximate surface area is 196 Å². The summed E-state index contributed by atoms with van der Waals surface area (Å²) in [7, 11) is -3.59. The molecule has 1 heterocycles. The van der Waals surface area contributed by atoms with Crippen LogP contribution in [0, 0.1) is 0 Å². The van der Waals surface area contributed by atoms with Gasteiger partial charge in [0.05, 0.1) is 15.7 Å². The van der Waals surface area contributed by atoms with Crippen molar-refractivity contribution in [2.45, 2.75) is 47.9 Å². The number of benzene rings is 2. The molecule has 2 aromatic carbocycles. The summed E-state index contributed by atoms with van der Waals surface area (Å²) >= 11 is 1.21. The lowest BCUT2D eigenvalue weighted by atomic mass is 10.2. The molecule has 2 N–H and O–H groups in total. The van der Waals surface area contributed by atoms with E-state index in [1.807, 2.05) is 13.8 Å². The van der Waals surface area contributed by atoms with E-state index in [1.54, 1.807) is 22.8 Å². The van der Waals surface area contributed by atoms with Crippen LogP contribution in [0.4, 0.5) is 5.69 Å². The summed E-state index contributed by atoms with van der Waals surface area (Å²) in [6.07, 6.45) is 0.498. The first-order chi connectivity index (χ1) is 15.7. The average molecular weight is 489 g/mol. The number of aromatic carboxylic acids is 1. The number of hydrogen-bond donors (Lipinski definition) is 2. The molecule has 0 radical (unpaired) electrons. The van der Waals surface area contributed by atoms with Crippen LogP contribution in [0.5, 0.6) is 0 Å². The lowest BCUT2D eigenvalue weighted by Gasteiger charge is -2.15. The molecule has 0 aliphatic rings. The third kappa shape index (κ3) is 5.99. The van der Waals surface area contributed by atoms with E-state index in [2.05, 4.69) is 15.5 Å². The number of carbonyl (C=O) groups is 2. The maximum atomic E-state index is 12.8. The fourth-order valence-corrected chi connectivity index (χ4v) is 5.41. The number of rotatable bonds is 10. The summed E-state index contributed by atoms with van der Waals surface area (Å²) < 4.78 is 27.2. The first-order valence-electron chi connectivity index (χ1n) is 10.3. The van der Waals surface area contributed by atoms with Crippen LogP contribution in [0.2, 0.25) is 0 Å². The fourth-order valence-electron chi connectivity index (χ4n) is 3.08. The Bertz CT molecular complexity index is 1230. The highest BCUT2D eigenvalue weighted by Crippen LogP contribution is 2.27. The molecule has 174 valence electrons. The normalized spacial score (nSPS) is 12.3. The van der Waals surface area contributed by atoms with Crippen molar-refractivity contribution in [1.82, 2.24) is 14.8 Å². The van der Waals surface area contributed by atoms with Crippen LogP contribution in [0.25, 0.3) is 0 Å². The third-order valence-corrected chi connectivity index (χ3v) is 7.81. The van der Waals surface area contributed by atoms with Crippen molar-refractivity contribution in [1.29, 1.82) is 0 Å². The van der Waals surface area contributed by atoms with Crippen LogP contribution in [-0.2, 0) is 26.9 Å². The molecular weight excluding hydrogens is 464 g/mol. The Morgan fingerprint density at radius 3 is 2.30 bits per heavy atom. The minimum Gasteiger partial charge on any atom is -0.478 e. The monoisotopic (exact) mass is 488 g/mol. The van der Waals surface area contributed by atoms with Gasteiger partial charge in [0, 0.05) is 12.2 Å². The number of carboxylic acid groups (broad SMARTS) is 1. The number of anilines is 1. The largest absolute Gasteiger partial charge is 0.478 e. The number of carbonyl (C=O) groups excluding carboxylic acids is 1. The third-order valence-electron chi connectivity index (χ3n) is 4.84. The molecule has 11 heteroatoms. The molecule has 0 spiro atoms. The number of carboxylic acids is 1. The van der Waals surface area contributed by atoms with Crippen molar-refractivity contribution in [3.63, 3.8) is 0 Å².